The Labute approximate surface area is 190 Å². The number of rotatable bonds is 6. The van der Waals surface area contributed by atoms with E-state index in [1.165, 1.54) is 0 Å². The van der Waals surface area contributed by atoms with Crippen molar-refractivity contribution in [1.29, 1.82) is 0 Å². The van der Waals surface area contributed by atoms with Crippen molar-refractivity contribution in [3.63, 3.8) is 0 Å². The van der Waals surface area contributed by atoms with E-state index in [4.69, 9.17) is 32.9 Å². The summed E-state index contributed by atoms with van der Waals surface area (Å²) in [5.41, 5.74) is 2.28. The molecular weight excluding hydrogens is 437 g/mol. The molecule has 1 aromatic heterocycles. The number of esters is 1. The number of para-hydroxylation sites is 2. The number of unbranched alkanes of at least 4 members (excludes halogenated alkanes) is 1. The zero-order chi connectivity index (χ0) is 22.1. The molecule has 0 saturated carbocycles. The number of aromatic nitrogens is 2. The quantitative estimate of drug-likeness (QED) is 0.372. The van der Waals surface area contributed by atoms with Crippen molar-refractivity contribution >= 4 is 52.1 Å². The zero-order valence-corrected chi connectivity index (χ0v) is 18.9. The Balaban J connectivity index is 1.99. The second-order valence-electron chi connectivity index (χ2n) is 7.46. The van der Waals surface area contributed by atoms with Crippen molar-refractivity contribution in [2.45, 2.75) is 32.7 Å². The highest BCUT2D eigenvalue weighted by atomic mass is 35.5. The number of hydrogen-bond acceptors (Lipinski definition) is 4. The van der Waals surface area contributed by atoms with Crippen LogP contribution in [-0.2, 0) is 14.3 Å². The molecule has 162 valence electrons. The molecule has 2 aromatic carbocycles. The Bertz CT molecular complexity index is 1140. The minimum atomic E-state index is -1.06. The van der Waals surface area contributed by atoms with Crippen LogP contribution in [0.15, 0.2) is 42.5 Å². The van der Waals surface area contributed by atoms with E-state index in [0.29, 0.717) is 28.1 Å². The minimum absolute atomic E-state index is 0.184. The van der Waals surface area contributed by atoms with Gasteiger partial charge in [0, 0.05) is 6.54 Å². The fraction of sp³-hybridized carbons (Fsp3) is 0.348. The van der Waals surface area contributed by atoms with Gasteiger partial charge in [-0.1, -0.05) is 54.7 Å². The van der Waals surface area contributed by atoms with Gasteiger partial charge in [-0.15, -0.1) is 0 Å². The lowest BCUT2D eigenvalue weighted by Gasteiger charge is -2.38. The molecule has 0 spiro atoms. The maximum atomic E-state index is 13.6. The van der Waals surface area contributed by atoms with Gasteiger partial charge in [0.2, 0.25) is 11.9 Å². The van der Waals surface area contributed by atoms with Gasteiger partial charge in [-0.05, 0) is 43.2 Å². The van der Waals surface area contributed by atoms with E-state index in [2.05, 4.69) is 6.92 Å². The van der Waals surface area contributed by atoms with E-state index >= 15 is 0 Å². The summed E-state index contributed by atoms with van der Waals surface area (Å²) in [5, 5.41) is 0.758. The third-order valence-corrected chi connectivity index (χ3v) is 6.24. The number of anilines is 1. The van der Waals surface area contributed by atoms with Gasteiger partial charge in [0.15, 0.2) is 5.92 Å². The predicted molar refractivity (Wildman–Crippen MR) is 122 cm³/mol. The number of benzene rings is 2. The first-order valence-electron chi connectivity index (χ1n) is 10.4. The SMILES string of the molecule is CCCCN1C(=O)[C@@H](C(=O)OCC)[C@H](c2ccc(Cl)c(Cl)c2)n2c1nc1ccccc12. The molecule has 0 N–H and O–H groups in total. The van der Waals surface area contributed by atoms with E-state index < -0.39 is 17.9 Å². The van der Waals surface area contributed by atoms with Gasteiger partial charge < -0.3 is 9.30 Å². The third-order valence-electron chi connectivity index (χ3n) is 5.51. The number of fused-ring (bicyclic) bond motifs is 3. The highest BCUT2D eigenvalue weighted by Gasteiger charge is 2.47. The second kappa shape index (κ2) is 8.89. The number of ether oxygens (including phenoxy) is 1. The zero-order valence-electron chi connectivity index (χ0n) is 17.3. The monoisotopic (exact) mass is 459 g/mol. The number of imidazole rings is 1. The number of carbonyl (C=O) groups is 2. The number of amides is 1. The van der Waals surface area contributed by atoms with Gasteiger partial charge in [0.05, 0.1) is 33.7 Å². The summed E-state index contributed by atoms with van der Waals surface area (Å²) in [6.07, 6.45) is 1.70. The van der Waals surface area contributed by atoms with Crippen LogP contribution in [0.5, 0.6) is 0 Å². The molecule has 2 heterocycles. The molecule has 0 fully saturated rings. The van der Waals surface area contributed by atoms with Crippen LogP contribution in [0, 0.1) is 5.92 Å². The Hall–Kier alpha value is -2.57. The van der Waals surface area contributed by atoms with Crippen molar-refractivity contribution in [2.75, 3.05) is 18.1 Å². The average molecular weight is 460 g/mol. The lowest BCUT2D eigenvalue weighted by Crippen LogP contribution is -2.50. The lowest BCUT2D eigenvalue weighted by molar-refractivity contribution is -0.153. The van der Waals surface area contributed by atoms with Crippen LogP contribution in [0.4, 0.5) is 5.95 Å². The number of carbonyl (C=O) groups excluding carboxylic acids is 2. The van der Waals surface area contributed by atoms with Crippen LogP contribution in [-0.4, -0.2) is 34.6 Å². The van der Waals surface area contributed by atoms with Gasteiger partial charge in [-0.3, -0.25) is 14.5 Å². The standard InChI is InChI=1S/C23H23Cl2N3O3/c1-3-5-12-27-21(29)19(22(30)31-4-2)20(14-10-11-15(24)16(25)13-14)28-18-9-7-6-8-17(18)26-23(27)28/h6-11,13,19-20H,3-5,12H2,1-2H3/t19-,20-/m0/s1. The molecule has 0 bridgehead atoms. The summed E-state index contributed by atoms with van der Waals surface area (Å²) in [6, 6.07) is 12.2. The first-order chi connectivity index (χ1) is 15.0. The van der Waals surface area contributed by atoms with Crippen molar-refractivity contribution < 1.29 is 14.3 Å². The summed E-state index contributed by atoms with van der Waals surface area (Å²) < 4.78 is 7.29. The van der Waals surface area contributed by atoms with E-state index in [-0.39, 0.29) is 12.5 Å². The molecule has 4 rings (SSSR count). The largest absolute Gasteiger partial charge is 0.465 e. The maximum Gasteiger partial charge on any atom is 0.321 e. The van der Waals surface area contributed by atoms with Crippen molar-refractivity contribution in [1.82, 2.24) is 9.55 Å². The molecular formula is C23H23Cl2N3O3. The molecule has 8 heteroatoms. The molecule has 0 unspecified atom stereocenters. The van der Waals surface area contributed by atoms with Gasteiger partial charge in [0.1, 0.15) is 0 Å². The second-order valence-corrected chi connectivity index (χ2v) is 8.28. The Morgan fingerprint density at radius 1 is 1.13 bits per heavy atom. The molecule has 1 aliphatic rings. The Kier molecular flexibility index (Phi) is 6.21. The molecule has 1 amide bonds. The molecule has 1 aliphatic heterocycles. The molecule has 0 radical (unpaired) electrons. The molecule has 2 atom stereocenters. The molecule has 6 nitrogen and oxygen atoms in total. The Morgan fingerprint density at radius 2 is 1.90 bits per heavy atom. The lowest BCUT2D eigenvalue weighted by atomic mass is 9.89. The molecule has 0 aliphatic carbocycles. The van der Waals surface area contributed by atoms with Crippen LogP contribution in [0.2, 0.25) is 10.0 Å². The van der Waals surface area contributed by atoms with Crippen molar-refractivity contribution in [2.24, 2.45) is 5.92 Å². The van der Waals surface area contributed by atoms with Crippen LogP contribution < -0.4 is 4.90 Å². The van der Waals surface area contributed by atoms with Crippen molar-refractivity contribution in [3.8, 4) is 0 Å². The first-order valence-corrected chi connectivity index (χ1v) is 11.1. The highest BCUT2D eigenvalue weighted by Crippen LogP contribution is 2.42. The summed E-state index contributed by atoms with van der Waals surface area (Å²) in [6.45, 7) is 4.44. The van der Waals surface area contributed by atoms with E-state index in [9.17, 15) is 9.59 Å². The summed E-state index contributed by atoms with van der Waals surface area (Å²) >= 11 is 12.4. The summed E-state index contributed by atoms with van der Waals surface area (Å²) in [7, 11) is 0. The van der Waals surface area contributed by atoms with Crippen molar-refractivity contribution in [3.05, 3.63) is 58.1 Å². The van der Waals surface area contributed by atoms with Crippen LogP contribution in [0.3, 0.4) is 0 Å². The van der Waals surface area contributed by atoms with Crippen LogP contribution >= 0.6 is 23.2 Å². The molecule has 31 heavy (non-hydrogen) atoms. The van der Waals surface area contributed by atoms with Gasteiger partial charge in [-0.2, -0.15) is 0 Å². The summed E-state index contributed by atoms with van der Waals surface area (Å²) in [5.74, 6) is -1.41. The highest BCUT2D eigenvalue weighted by molar-refractivity contribution is 6.42. The fourth-order valence-electron chi connectivity index (χ4n) is 4.07. The minimum Gasteiger partial charge on any atom is -0.465 e. The first kappa shape index (κ1) is 21.7. The number of hydrogen-bond donors (Lipinski definition) is 0. The fourth-order valence-corrected chi connectivity index (χ4v) is 4.38. The van der Waals surface area contributed by atoms with Gasteiger partial charge in [-0.25, -0.2) is 4.98 Å². The summed E-state index contributed by atoms with van der Waals surface area (Å²) in [4.78, 5) is 33.1. The smallest absolute Gasteiger partial charge is 0.321 e. The Morgan fingerprint density at radius 3 is 2.61 bits per heavy atom. The van der Waals surface area contributed by atoms with E-state index in [0.717, 1.165) is 23.9 Å². The van der Waals surface area contributed by atoms with E-state index in [1.807, 2.05) is 28.8 Å². The molecule has 0 saturated heterocycles. The van der Waals surface area contributed by atoms with E-state index in [1.54, 1.807) is 30.0 Å². The van der Waals surface area contributed by atoms with Crippen LogP contribution in [0.1, 0.15) is 38.3 Å². The number of nitrogens with zero attached hydrogens (tertiary/aromatic N) is 3. The van der Waals surface area contributed by atoms with Crippen LogP contribution in [0.25, 0.3) is 11.0 Å². The topological polar surface area (TPSA) is 64.4 Å². The predicted octanol–water partition coefficient (Wildman–Crippen LogP) is 5.26. The maximum absolute atomic E-state index is 13.6. The van der Waals surface area contributed by atoms with Gasteiger partial charge in [0.25, 0.3) is 0 Å². The van der Waals surface area contributed by atoms with Gasteiger partial charge >= 0.3 is 5.97 Å². The molecule has 3 aromatic rings. The third kappa shape index (κ3) is 3.79. The average Bonchev–Trinajstić information content (AvgIpc) is 3.13. The number of halogens is 2. The normalized spacial score (nSPS) is 18.3.